The summed E-state index contributed by atoms with van der Waals surface area (Å²) in [5.41, 5.74) is 2.34. The summed E-state index contributed by atoms with van der Waals surface area (Å²) in [5.74, 6) is 0.911. The van der Waals surface area contributed by atoms with Gasteiger partial charge < -0.3 is 10.1 Å². The molecule has 0 bridgehead atoms. The van der Waals surface area contributed by atoms with Gasteiger partial charge in [0.25, 0.3) is 5.69 Å². The van der Waals surface area contributed by atoms with E-state index in [2.05, 4.69) is 27.1 Å². The van der Waals surface area contributed by atoms with Gasteiger partial charge in [0, 0.05) is 28.6 Å². The number of anilines is 1. The van der Waals surface area contributed by atoms with Crippen LogP contribution < -0.4 is 10.1 Å². The standard InChI is InChI=1S/C19H14ClN5O3S/c1-2-9-29-19-22-18-16(23-24-19)12-5-3-4-6-14(12)21-17(28-18)11-7-8-13(20)15(10-11)25(26)27/h2-8,10,17,21H,1,9H2. The van der Waals surface area contributed by atoms with Crippen LogP contribution in [0, 0.1) is 10.1 Å². The quantitative estimate of drug-likeness (QED) is 0.266. The first-order valence-electron chi connectivity index (χ1n) is 8.51. The molecule has 0 fully saturated rings. The molecule has 1 aliphatic rings. The van der Waals surface area contributed by atoms with Gasteiger partial charge in [0.2, 0.25) is 11.0 Å². The summed E-state index contributed by atoms with van der Waals surface area (Å²) < 4.78 is 6.09. The van der Waals surface area contributed by atoms with Crippen molar-refractivity contribution in [3.8, 4) is 17.1 Å². The smallest absolute Gasteiger partial charge is 0.288 e. The predicted octanol–water partition coefficient (Wildman–Crippen LogP) is 4.88. The number of nitrogens with one attached hydrogen (secondary N) is 1. The monoisotopic (exact) mass is 427 g/mol. The first kappa shape index (κ1) is 19.2. The number of hydrogen-bond donors (Lipinski definition) is 1. The molecule has 4 rings (SSSR count). The molecule has 1 unspecified atom stereocenters. The summed E-state index contributed by atoms with van der Waals surface area (Å²) >= 11 is 7.33. The van der Waals surface area contributed by atoms with E-state index in [1.54, 1.807) is 12.1 Å². The van der Waals surface area contributed by atoms with Crippen LogP contribution in [0.1, 0.15) is 11.8 Å². The molecule has 8 nitrogen and oxygen atoms in total. The van der Waals surface area contributed by atoms with Crippen molar-refractivity contribution >= 4 is 34.7 Å². The third kappa shape index (κ3) is 3.87. The molecule has 0 aliphatic carbocycles. The Morgan fingerprint density at radius 2 is 2.14 bits per heavy atom. The number of thioether (sulfide) groups is 1. The van der Waals surface area contributed by atoms with E-state index in [1.165, 1.54) is 23.9 Å². The average molecular weight is 428 g/mol. The molecular weight excluding hydrogens is 414 g/mol. The molecule has 0 saturated heterocycles. The van der Waals surface area contributed by atoms with Crippen molar-refractivity contribution in [1.82, 2.24) is 15.2 Å². The molecule has 3 aromatic rings. The summed E-state index contributed by atoms with van der Waals surface area (Å²) in [6, 6.07) is 12.0. The highest BCUT2D eigenvalue weighted by Crippen LogP contribution is 2.40. The van der Waals surface area contributed by atoms with Gasteiger partial charge in [-0.1, -0.05) is 53.7 Å². The Kier molecular flexibility index (Phi) is 5.32. The second-order valence-corrected chi connectivity index (χ2v) is 7.40. The van der Waals surface area contributed by atoms with E-state index in [0.29, 0.717) is 22.2 Å². The molecule has 1 atom stereocenters. The van der Waals surface area contributed by atoms with E-state index in [0.717, 1.165) is 11.3 Å². The zero-order valence-electron chi connectivity index (χ0n) is 14.9. The Morgan fingerprint density at radius 1 is 1.31 bits per heavy atom. The Hall–Kier alpha value is -3.17. The second kappa shape index (κ2) is 8.06. The molecule has 10 heteroatoms. The zero-order valence-corrected chi connectivity index (χ0v) is 16.5. The number of benzene rings is 2. The van der Waals surface area contributed by atoms with Gasteiger partial charge in [-0.2, -0.15) is 4.98 Å². The summed E-state index contributed by atoms with van der Waals surface area (Å²) in [7, 11) is 0. The Balaban J connectivity index is 1.81. The molecule has 1 aromatic heterocycles. The minimum atomic E-state index is -0.734. The number of aromatic nitrogens is 3. The van der Waals surface area contributed by atoms with Crippen LogP contribution in [0.4, 0.5) is 11.4 Å². The van der Waals surface area contributed by atoms with Gasteiger partial charge >= 0.3 is 0 Å². The molecule has 0 spiro atoms. The lowest BCUT2D eigenvalue weighted by molar-refractivity contribution is -0.384. The fourth-order valence-electron chi connectivity index (χ4n) is 2.83. The highest BCUT2D eigenvalue weighted by Gasteiger charge is 2.27. The van der Waals surface area contributed by atoms with E-state index in [4.69, 9.17) is 16.3 Å². The molecular formula is C19H14ClN5O3S. The Morgan fingerprint density at radius 3 is 2.93 bits per heavy atom. The summed E-state index contributed by atoms with van der Waals surface area (Å²) in [6.07, 6.45) is 1.01. The number of ether oxygens (including phenoxy) is 1. The van der Waals surface area contributed by atoms with Gasteiger partial charge in [-0.15, -0.1) is 16.8 Å². The lowest BCUT2D eigenvalue weighted by Crippen LogP contribution is -2.17. The number of nitro groups is 1. The van der Waals surface area contributed by atoms with Crippen LogP contribution in [0.15, 0.2) is 60.3 Å². The van der Waals surface area contributed by atoms with Crippen LogP contribution in [-0.4, -0.2) is 25.9 Å². The number of hydrogen-bond acceptors (Lipinski definition) is 8. The maximum Gasteiger partial charge on any atom is 0.288 e. The third-order valence-corrected chi connectivity index (χ3v) is 5.29. The first-order valence-corrected chi connectivity index (χ1v) is 9.88. The van der Waals surface area contributed by atoms with Crippen LogP contribution >= 0.6 is 23.4 Å². The van der Waals surface area contributed by atoms with Crippen LogP contribution in [0.2, 0.25) is 5.02 Å². The van der Waals surface area contributed by atoms with Gasteiger partial charge in [0.15, 0.2) is 11.9 Å². The predicted molar refractivity (Wildman–Crippen MR) is 111 cm³/mol. The Labute approximate surface area is 175 Å². The molecule has 146 valence electrons. The summed E-state index contributed by atoms with van der Waals surface area (Å²) in [4.78, 5) is 15.2. The maximum atomic E-state index is 11.3. The maximum absolute atomic E-state index is 11.3. The largest absolute Gasteiger partial charge is 0.448 e. The molecule has 0 amide bonds. The van der Waals surface area contributed by atoms with Crippen molar-refractivity contribution in [2.75, 3.05) is 11.1 Å². The normalized spacial score (nSPS) is 14.6. The first-order chi connectivity index (χ1) is 14.1. The van der Waals surface area contributed by atoms with E-state index in [-0.39, 0.29) is 16.6 Å². The van der Waals surface area contributed by atoms with Gasteiger partial charge in [0.05, 0.1) is 4.92 Å². The number of fused-ring (bicyclic) bond motifs is 3. The summed E-state index contributed by atoms with van der Waals surface area (Å²) in [5, 5.41) is 23.5. The zero-order chi connectivity index (χ0) is 20.4. The Bertz CT molecular complexity index is 1110. The van der Waals surface area contributed by atoms with Crippen molar-refractivity contribution in [3.63, 3.8) is 0 Å². The van der Waals surface area contributed by atoms with E-state index in [1.807, 2.05) is 24.3 Å². The van der Waals surface area contributed by atoms with Crippen LogP contribution in [-0.2, 0) is 0 Å². The fraction of sp³-hybridized carbons (Fsp3) is 0.105. The third-order valence-electron chi connectivity index (χ3n) is 4.13. The lowest BCUT2D eigenvalue weighted by atomic mass is 10.1. The molecule has 1 N–H and O–H groups in total. The summed E-state index contributed by atoms with van der Waals surface area (Å²) in [6.45, 7) is 3.69. The number of nitrogens with zero attached hydrogens (tertiary/aromatic N) is 4. The van der Waals surface area contributed by atoms with Crippen LogP contribution in [0.5, 0.6) is 5.88 Å². The average Bonchev–Trinajstić information content (AvgIpc) is 2.88. The molecule has 0 saturated carbocycles. The molecule has 1 aliphatic heterocycles. The van der Waals surface area contributed by atoms with Gasteiger partial charge in [0.1, 0.15) is 5.02 Å². The fourth-order valence-corrected chi connectivity index (χ4v) is 3.52. The number of nitro benzene ring substituents is 1. The van der Waals surface area contributed by atoms with Crippen molar-refractivity contribution < 1.29 is 9.66 Å². The molecule has 2 aromatic carbocycles. The van der Waals surface area contributed by atoms with Gasteiger partial charge in [-0.25, -0.2) is 0 Å². The van der Waals surface area contributed by atoms with Crippen molar-refractivity contribution in [2.45, 2.75) is 11.4 Å². The SMILES string of the molecule is C=CCSc1nnc2c(n1)OC(c1ccc(Cl)c([N+](=O)[O-])c1)Nc1ccccc1-2. The lowest BCUT2D eigenvalue weighted by Gasteiger charge is -2.19. The van der Waals surface area contributed by atoms with Crippen LogP contribution in [0.3, 0.4) is 0 Å². The minimum absolute atomic E-state index is 0.0558. The van der Waals surface area contributed by atoms with E-state index in [9.17, 15) is 10.1 Å². The van der Waals surface area contributed by atoms with E-state index >= 15 is 0 Å². The molecule has 0 radical (unpaired) electrons. The van der Waals surface area contributed by atoms with Gasteiger partial charge in [-0.3, -0.25) is 10.1 Å². The molecule has 2 heterocycles. The van der Waals surface area contributed by atoms with Crippen molar-refractivity contribution in [3.05, 3.63) is 75.8 Å². The number of para-hydroxylation sites is 1. The topological polar surface area (TPSA) is 103 Å². The molecule has 29 heavy (non-hydrogen) atoms. The number of halogens is 1. The van der Waals surface area contributed by atoms with Crippen molar-refractivity contribution in [2.24, 2.45) is 0 Å². The minimum Gasteiger partial charge on any atom is -0.448 e. The second-order valence-electron chi connectivity index (χ2n) is 6.00. The van der Waals surface area contributed by atoms with Crippen LogP contribution in [0.25, 0.3) is 11.3 Å². The van der Waals surface area contributed by atoms with Gasteiger partial charge in [-0.05, 0) is 12.1 Å². The van der Waals surface area contributed by atoms with Crippen molar-refractivity contribution in [1.29, 1.82) is 0 Å². The van der Waals surface area contributed by atoms with E-state index < -0.39 is 11.2 Å². The highest BCUT2D eigenvalue weighted by molar-refractivity contribution is 7.99. The number of rotatable bonds is 5. The highest BCUT2D eigenvalue weighted by atomic mass is 35.5.